The average Bonchev–Trinajstić information content (AvgIpc) is 3.19. The zero-order valence-corrected chi connectivity index (χ0v) is 39.8. The molecule has 0 N–H and O–H groups in total. The van der Waals surface area contributed by atoms with Gasteiger partial charge in [0.15, 0.2) is 0 Å². The standard InChI is InChI=1S/C36H40O16S4.2C3H6O/c1-5-15-45-29-21-30(46-16-6-2)34-23-33(29)53(37,38)49-25-11-9-12-26(19-25)51-55(41,42)35-24-36(32(48-18-8-4)22-31(35)47-17-7-3)56(43,44)52-28-14-10-13-27(20-28)50-54(34,39)40;2*1-3(2)4/h9-14,19-24H,5-8,15-18H2,1-4H3;2*1-2H3. The average molecular weight is 973 g/mol. The topological polar surface area (TPSA) is 245 Å². The molecule has 0 saturated carbocycles. The first kappa shape index (κ1) is 52.8. The van der Waals surface area contributed by atoms with E-state index in [1.165, 1.54) is 64.1 Å². The summed E-state index contributed by atoms with van der Waals surface area (Å²) >= 11 is 0. The van der Waals surface area contributed by atoms with Crippen LogP contribution in [-0.4, -0.2) is 71.7 Å². The second kappa shape index (κ2) is 23.4. The number of ketones is 2. The van der Waals surface area contributed by atoms with Gasteiger partial charge in [-0.25, -0.2) is 0 Å². The van der Waals surface area contributed by atoms with Crippen molar-refractivity contribution in [3.63, 3.8) is 0 Å². The third-order valence-electron chi connectivity index (χ3n) is 7.38. The molecule has 8 bridgehead atoms. The van der Waals surface area contributed by atoms with Crippen LogP contribution in [0.15, 0.2) is 92.4 Å². The van der Waals surface area contributed by atoms with E-state index in [9.17, 15) is 43.3 Å². The molecular formula is C42H52O18S4. The molecule has 0 atom stereocenters. The van der Waals surface area contributed by atoms with Crippen LogP contribution in [0.2, 0.25) is 0 Å². The largest absolute Gasteiger partial charge is 0.492 e. The van der Waals surface area contributed by atoms with Crippen molar-refractivity contribution in [2.75, 3.05) is 26.4 Å². The predicted molar refractivity (Wildman–Crippen MR) is 233 cm³/mol. The van der Waals surface area contributed by atoms with Gasteiger partial charge in [0.25, 0.3) is 0 Å². The van der Waals surface area contributed by atoms with E-state index >= 15 is 0 Å². The quantitative estimate of drug-likeness (QED) is 0.125. The number of ether oxygens (including phenoxy) is 4. The molecule has 0 radical (unpaired) electrons. The molecule has 0 aliphatic carbocycles. The van der Waals surface area contributed by atoms with Gasteiger partial charge in [0.1, 0.15) is 77.1 Å². The van der Waals surface area contributed by atoms with Crippen LogP contribution in [0.3, 0.4) is 0 Å². The van der Waals surface area contributed by atoms with Gasteiger partial charge in [-0.3, -0.25) is 0 Å². The fourth-order valence-corrected chi connectivity index (χ4v) is 9.41. The number of carbonyl (C=O) groups is 2. The molecule has 0 unspecified atom stereocenters. The smallest absolute Gasteiger partial charge is 0.342 e. The molecule has 0 fully saturated rings. The maximum atomic E-state index is 13.9. The van der Waals surface area contributed by atoms with E-state index in [1.807, 2.05) is 0 Å². The van der Waals surface area contributed by atoms with Crippen molar-refractivity contribution in [3.05, 3.63) is 72.8 Å². The van der Waals surface area contributed by atoms with E-state index in [4.69, 9.17) is 35.7 Å². The van der Waals surface area contributed by atoms with E-state index in [0.29, 0.717) is 25.7 Å². The molecule has 1 aliphatic rings. The SMILES string of the molecule is CC(C)=O.CC(C)=O.CCCOc1cc(OCCC)c2cc1S(=O)(=O)Oc1cccc(c1)OS(=O)(=O)c1cc(c(OCCC)cc1OCCC)S(=O)(=O)Oc1cccc(c1)OS2(=O)=O. The lowest BCUT2D eigenvalue weighted by Gasteiger charge is -2.19. The van der Waals surface area contributed by atoms with Crippen molar-refractivity contribution in [1.29, 1.82) is 0 Å². The lowest BCUT2D eigenvalue weighted by atomic mass is 10.3. The summed E-state index contributed by atoms with van der Waals surface area (Å²) in [7, 11) is -19.8. The summed E-state index contributed by atoms with van der Waals surface area (Å²) in [5.41, 5.74) is 0. The van der Waals surface area contributed by atoms with Gasteiger partial charge in [-0.2, -0.15) is 33.7 Å². The number of rotatable bonds is 12. The first-order valence-electron chi connectivity index (χ1n) is 19.8. The van der Waals surface area contributed by atoms with Gasteiger partial charge in [-0.15, -0.1) is 0 Å². The second-order valence-electron chi connectivity index (χ2n) is 13.8. The minimum Gasteiger partial charge on any atom is -0.492 e. The highest BCUT2D eigenvalue weighted by Crippen LogP contribution is 2.41. The summed E-state index contributed by atoms with van der Waals surface area (Å²) < 4.78 is 156. The molecule has 4 aromatic carbocycles. The van der Waals surface area contributed by atoms with E-state index < -0.39 is 83.1 Å². The van der Waals surface area contributed by atoms with Crippen molar-refractivity contribution < 1.29 is 78.9 Å². The fourth-order valence-electron chi connectivity index (χ4n) is 4.97. The Labute approximate surface area is 375 Å². The van der Waals surface area contributed by atoms with E-state index in [0.717, 1.165) is 36.4 Å². The molecule has 18 nitrogen and oxygen atoms in total. The highest BCUT2D eigenvalue weighted by atomic mass is 32.2. The number of carbonyl (C=O) groups excluding carboxylic acids is 2. The Morgan fingerprint density at radius 1 is 0.391 bits per heavy atom. The van der Waals surface area contributed by atoms with Crippen LogP contribution >= 0.6 is 0 Å². The van der Waals surface area contributed by atoms with Gasteiger partial charge in [-0.05, 0) is 89.8 Å². The van der Waals surface area contributed by atoms with Crippen LogP contribution in [-0.2, 0) is 50.1 Å². The monoisotopic (exact) mass is 972 g/mol. The third-order valence-corrected chi connectivity index (χ3v) is 12.5. The molecule has 0 aromatic heterocycles. The Bertz CT molecular complexity index is 2360. The summed E-state index contributed by atoms with van der Waals surface area (Å²) in [6.07, 6.45) is 1.77. The molecule has 22 heteroatoms. The number of fused-ring (bicyclic) bond motifs is 8. The first-order chi connectivity index (χ1) is 30.0. The third kappa shape index (κ3) is 15.3. The molecule has 5 rings (SSSR count). The summed E-state index contributed by atoms with van der Waals surface area (Å²) in [5, 5.41) is 0. The Morgan fingerprint density at radius 3 is 0.781 bits per heavy atom. The van der Waals surface area contributed by atoms with Gasteiger partial charge in [0, 0.05) is 24.3 Å². The van der Waals surface area contributed by atoms with Crippen LogP contribution in [0.25, 0.3) is 0 Å². The summed E-state index contributed by atoms with van der Waals surface area (Å²) in [6.45, 7) is 13.3. The second-order valence-corrected chi connectivity index (χ2v) is 19.9. The van der Waals surface area contributed by atoms with Crippen LogP contribution in [0.1, 0.15) is 81.1 Å². The fraction of sp³-hybridized carbons (Fsp3) is 0.381. The van der Waals surface area contributed by atoms with Crippen LogP contribution < -0.4 is 35.7 Å². The van der Waals surface area contributed by atoms with Crippen molar-refractivity contribution in [1.82, 2.24) is 0 Å². The zero-order valence-electron chi connectivity index (χ0n) is 36.6. The predicted octanol–water partition coefficient (Wildman–Crippen LogP) is 7.42. The lowest BCUT2D eigenvalue weighted by molar-refractivity contribution is -0.115. The Kier molecular flexibility index (Phi) is 19.3. The van der Waals surface area contributed by atoms with Gasteiger partial charge in [0.2, 0.25) is 0 Å². The minimum absolute atomic E-state index is 0.0204. The Balaban J connectivity index is 0.00000125. The number of Topliss-reactive ketones (excluding diaryl/α,β-unsaturated/α-hetero) is 2. The van der Waals surface area contributed by atoms with Crippen molar-refractivity contribution in [2.45, 2.75) is 101 Å². The highest BCUT2D eigenvalue weighted by Gasteiger charge is 2.34. The van der Waals surface area contributed by atoms with Gasteiger partial charge >= 0.3 is 40.5 Å². The van der Waals surface area contributed by atoms with Crippen LogP contribution in [0.4, 0.5) is 0 Å². The summed E-state index contributed by atoms with van der Waals surface area (Å²) in [4.78, 5) is 16.0. The van der Waals surface area contributed by atoms with Gasteiger partial charge in [0.05, 0.1) is 26.4 Å². The summed E-state index contributed by atoms with van der Waals surface area (Å²) in [6, 6.07) is 12.7. The van der Waals surface area contributed by atoms with Crippen molar-refractivity contribution in [3.8, 4) is 46.0 Å². The van der Waals surface area contributed by atoms with E-state index in [2.05, 4.69) is 0 Å². The molecule has 0 amide bonds. The highest BCUT2D eigenvalue weighted by molar-refractivity contribution is 7.88. The maximum Gasteiger partial charge on any atom is 0.342 e. The van der Waals surface area contributed by atoms with Gasteiger partial charge < -0.3 is 45.3 Å². The number of hydrogen-bond acceptors (Lipinski definition) is 18. The molecule has 1 aliphatic heterocycles. The molecule has 352 valence electrons. The van der Waals surface area contributed by atoms with E-state index in [1.54, 1.807) is 27.7 Å². The first-order valence-corrected chi connectivity index (χ1v) is 25.4. The molecule has 1 heterocycles. The van der Waals surface area contributed by atoms with Crippen molar-refractivity contribution >= 4 is 52.0 Å². The molecule has 0 saturated heterocycles. The number of hydrogen-bond donors (Lipinski definition) is 0. The Morgan fingerprint density at radius 2 is 0.594 bits per heavy atom. The molecule has 64 heavy (non-hydrogen) atoms. The number of benzene rings is 4. The Hall–Kier alpha value is -5.58. The minimum atomic E-state index is -4.95. The normalized spacial score (nSPS) is 15.1. The summed E-state index contributed by atoms with van der Waals surface area (Å²) in [5.74, 6) is -2.68. The molecular weight excluding hydrogens is 921 g/mol. The maximum absolute atomic E-state index is 13.9. The molecule has 4 aromatic rings. The lowest BCUT2D eigenvalue weighted by Crippen LogP contribution is -2.18. The van der Waals surface area contributed by atoms with Gasteiger partial charge in [-0.1, -0.05) is 39.8 Å². The van der Waals surface area contributed by atoms with E-state index in [-0.39, 0.29) is 61.0 Å². The van der Waals surface area contributed by atoms with Crippen LogP contribution in [0.5, 0.6) is 46.0 Å². The zero-order chi connectivity index (χ0) is 47.9. The molecule has 0 spiro atoms. The van der Waals surface area contributed by atoms with Crippen LogP contribution in [0, 0.1) is 0 Å². The van der Waals surface area contributed by atoms with Crippen molar-refractivity contribution in [2.24, 2.45) is 0 Å².